The Morgan fingerprint density at radius 1 is 1.31 bits per heavy atom. The second kappa shape index (κ2) is 4.07. The maximum absolute atomic E-state index is 12.8. The van der Waals surface area contributed by atoms with Crippen molar-refractivity contribution in [3.05, 3.63) is 35.1 Å². The molecule has 1 aliphatic carbocycles. The molecule has 1 aromatic rings. The molecule has 0 fully saturated rings. The Labute approximate surface area is 83.5 Å². The van der Waals surface area contributed by atoms with Crippen LogP contribution in [0.1, 0.15) is 17.5 Å². The van der Waals surface area contributed by atoms with E-state index in [2.05, 4.69) is 0 Å². The number of aryl methyl sites for hydroxylation is 1. The number of rotatable bonds is 0. The molecular formula is C10H13ClFN. The van der Waals surface area contributed by atoms with E-state index in [9.17, 15) is 4.39 Å². The molecule has 0 heterocycles. The zero-order valence-electron chi connectivity index (χ0n) is 7.29. The normalized spacial score (nSPS) is 20.3. The van der Waals surface area contributed by atoms with Crippen molar-refractivity contribution in [2.75, 3.05) is 0 Å². The van der Waals surface area contributed by atoms with Gasteiger partial charge in [0, 0.05) is 6.04 Å². The number of fused-ring (bicyclic) bond motifs is 1. The van der Waals surface area contributed by atoms with Crippen LogP contribution in [-0.4, -0.2) is 6.04 Å². The summed E-state index contributed by atoms with van der Waals surface area (Å²) in [6, 6.07) is 5.22. The van der Waals surface area contributed by atoms with Gasteiger partial charge in [-0.2, -0.15) is 0 Å². The molecule has 0 bridgehead atoms. The number of hydrogen-bond acceptors (Lipinski definition) is 1. The second-order valence-corrected chi connectivity index (χ2v) is 3.42. The first-order valence-electron chi connectivity index (χ1n) is 4.28. The van der Waals surface area contributed by atoms with Crippen molar-refractivity contribution < 1.29 is 4.39 Å². The van der Waals surface area contributed by atoms with Crippen LogP contribution in [-0.2, 0) is 12.8 Å². The predicted molar refractivity (Wildman–Crippen MR) is 53.6 cm³/mol. The van der Waals surface area contributed by atoms with Crippen molar-refractivity contribution in [3.63, 3.8) is 0 Å². The van der Waals surface area contributed by atoms with E-state index in [-0.39, 0.29) is 24.3 Å². The largest absolute Gasteiger partial charge is 0.327 e. The van der Waals surface area contributed by atoms with Crippen LogP contribution in [0.3, 0.4) is 0 Å². The van der Waals surface area contributed by atoms with Crippen molar-refractivity contribution in [2.45, 2.75) is 25.3 Å². The minimum Gasteiger partial charge on any atom is -0.327 e. The molecule has 1 aliphatic rings. The van der Waals surface area contributed by atoms with Crippen molar-refractivity contribution in [2.24, 2.45) is 5.73 Å². The Kier molecular flexibility index (Phi) is 3.28. The molecule has 2 rings (SSSR count). The smallest absolute Gasteiger partial charge is 0.123 e. The third-order valence-electron chi connectivity index (χ3n) is 2.43. The first kappa shape index (κ1) is 10.5. The monoisotopic (exact) mass is 201 g/mol. The van der Waals surface area contributed by atoms with Gasteiger partial charge in [0.15, 0.2) is 0 Å². The van der Waals surface area contributed by atoms with Crippen LogP contribution in [0.4, 0.5) is 4.39 Å². The van der Waals surface area contributed by atoms with Gasteiger partial charge in [-0.1, -0.05) is 6.07 Å². The van der Waals surface area contributed by atoms with Gasteiger partial charge in [-0.3, -0.25) is 0 Å². The van der Waals surface area contributed by atoms with Crippen LogP contribution in [0.15, 0.2) is 18.2 Å². The van der Waals surface area contributed by atoms with Gasteiger partial charge in [0.05, 0.1) is 0 Å². The molecule has 1 unspecified atom stereocenters. The predicted octanol–water partition coefficient (Wildman–Crippen LogP) is 2.06. The average Bonchev–Trinajstić information content (AvgIpc) is 2.03. The summed E-state index contributed by atoms with van der Waals surface area (Å²) < 4.78 is 12.8. The van der Waals surface area contributed by atoms with E-state index in [1.54, 1.807) is 6.07 Å². The molecule has 1 atom stereocenters. The van der Waals surface area contributed by atoms with Crippen LogP contribution in [0.25, 0.3) is 0 Å². The highest BCUT2D eigenvalue weighted by molar-refractivity contribution is 5.85. The van der Waals surface area contributed by atoms with E-state index >= 15 is 0 Å². The molecule has 0 saturated heterocycles. The van der Waals surface area contributed by atoms with E-state index in [1.807, 2.05) is 6.07 Å². The topological polar surface area (TPSA) is 26.0 Å². The zero-order chi connectivity index (χ0) is 8.55. The minimum absolute atomic E-state index is 0. The number of hydrogen-bond donors (Lipinski definition) is 1. The summed E-state index contributed by atoms with van der Waals surface area (Å²) in [7, 11) is 0. The van der Waals surface area contributed by atoms with Gasteiger partial charge in [0.25, 0.3) is 0 Å². The molecule has 0 aliphatic heterocycles. The molecule has 2 N–H and O–H groups in total. The lowest BCUT2D eigenvalue weighted by Gasteiger charge is -2.20. The molecule has 0 spiro atoms. The fourth-order valence-corrected chi connectivity index (χ4v) is 1.75. The fourth-order valence-electron chi connectivity index (χ4n) is 1.75. The Balaban J connectivity index is 0.000000845. The SMILES string of the molecule is Cl.NC1CCc2ccc(F)cc2C1. The van der Waals surface area contributed by atoms with Crippen LogP contribution in [0.2, 0.25) is 0 Å². The quantitative estimate of drug-likeness (QED) is 0.683. The van der Waals surface area contributed by atoms with Gasteiger partial charge in [0.2, 0.25) is 0 Å². The van der Waals surface area contributed by atoms with Crippen LogP contribution >= 0.6 is 12.4 Å². The maximum Gasteiger partial charge on any atom is 0.123 e. The highest BCUT2D eigenvalue weighted by atomic mass is 35.5. The van der Waals surface area contributed by atoms with Gasteiger partial charge >= 0.3 is 0 Å². The van der Waals surface area contributed by atoms with Crippen LogP contribution in [0, 0.1) is 5.82 Å². The first-order valence-corrected chi connectivity index (χ1v) is 4.28. The molecule has 0 aromatic heterocycles. The molecule has 0 radical (unpaired) electrons. The van der Waals surface area contributed by atoms with E-state index in [0.717, 1.165) is 24.8 Å². The molecule has 0 amide bonds. The lowest BCUT2D eigenvalue weighted by atomic mass is 9.89. The zero-order valence-corrected chi connectivity index (χ0v) is 8.11. The second-order valence-electron chi connectivity index (χ2n) is 3.42. The summed E-state index contributed by atoms with van der Waals surface area (Å²) in [6.45, 7) is 0. The summed E-state index contributed by atoms with van der Waals surface area (Å²) in [5, 5.41) is 0. The van der Waals surface area contributed by atoms with E-state index in [4.69, 9.17) is 5.73 Å². The number of benzene rings is 1. The number of halogens is 2. The minimum atomic E-state index is -0.150. The average molecular weight is 202 g/mol. The molecule has 72 valence electrons. The van der Waals surface area contributed by atoms with E-state index in [1.165, 1.54) is 11.6 Å². The third kappa shape index (κ3) is 2.20. The standard InChI is InChI=1S/C10H12FN.ClH/c11-9-3-1-7-2-4-10(12)6-8(7)5-9;/h1,3,5,10H,2,4,6,12H2;1H. The first-order chi connectivity index (χ1) is 5.75. The fraction of sp³-hybridized carbons (Fsp3) is 0.400. The summed E-state index contributed by atoms with van der Waals surface area (Å²) in [6.07, 6.45) is 2.85. The summed E-state index contributed by atoms with van der Waals surface area (Å²) in [5.74, 6) is -0.150. The molecular weight excluding hydrogens is 189 g/mol. The summed E-state index contributed by atoms with van der Waals surface area (Å²) in [4.78, 5) is 0. The van der Waals surface area contributed by atoms with E-state index < -0.39 is 0 Å². The van der Waals surface area contributed by atoms with Crippen molar-refractivity contribution in [1.82, 2.24) is 0 Å². The Bertz CT molecular complexity index is 301. The highest BCUT2D eigenvalue weighted by Crippen LogP contribution is 2.20. The summed E-state index contributed by atoms with van der Waals surface area (Å²) in [5.41, 5.74) is 8.13. The van der Waals surface area contributed by atoms with Crippen molar-refractivity contribution in [3.8, 4) is 0 Å². The molecule has 13 heavy (non-hydrogen) atoms. The maximum atomic E-state index is 12.8. The van der Waals surface area contributed by atoms with Crippen LogP contribution in [0.5, 0.6) is 0 Å². The highest BCUT2D eigenvalue weighted by Gasteiger charge is 2.15. The van der Waals surface area contributed by atoms with E-state index in [0.29, 0.717) is 0 Å². The molecule has 3 heteroatoms. The van der Waals surface area contributed by atoms with Gasteiger partial charge in [0.1, 0.15) is 5.82 Å². The molecule has 1 aromatic carbocycles. The van der Waals surface area contributed by atoms with Gasteiger partial charge in [-0.05, 0) is 42.5 Å². The van der Waals surface area contributed by atoms with Crippen LogP contribution < -0.4 is 5.73 Å². The third-order valence-corrected chi connectivity index (χ3v) is 2.43. The summed E-state index contributed by atoms with van der Waals surface area (Å²) >= 11 is 0. The lowest BCUT2D eigenvalue weighted by Crippen LogP contribution is -2.27. The van der Waals surface area contributed by atoms with Gasteiger partial charge in [-0.25, -0.2) is 4.39 Å². The Hall–Kier alpha value is -0.600. The molecule has 0 saturated carbocycles. The van der Waals surface area contributed by atoms with Gasteiger partial charge in [-0.15, -0.1) is 12.4 Å². The van der Waals surface area contributed by atoms with Gasteiger partial charge < -0.3 is 5.73 Å². The van der Waals surface area contributed by atoms with Crippen molar-refractivity contribution in [1.29, 1.82) is 0 Å². The number of nitrogens with two attached hydrogens (primary N) is 1. The Morgan fingerprint density at radius 3 is 2.85 bits per heavy atom. The van der Waals surface area contributed by atoms with Crippen molar-refractivity contribution >= 4 is 12.4 Å². The molecule has 1 nitrogen and oxygen atoms in total. The lowest BCUT2D eigenvalue weighted by molar-refractivity contribution is 0.566. The Morgan fingerprint density at radius 2 is 2.08 bits per heavy atom.